The third-order valence-corrected chi connectivity index (χ3v) is 2.60. The smallest absolute Gasteiger partial charge is 0.287 e. The van der Waals surface area contributed by atoms with Crippen LogP contribution in [0.4, 0.5) is 0 Å². The normalized spacial score (nSPS) is 12.6. The fraction of sp³-hybridized carbons (Fsp3) is 0.375. The molecule has 0 bridgehead atoms. The molecule has 6 heteroatoms. The summed E-state index contributed by atoms with van der Waals surface area (Å²) in [5.41, 5.74) is -0.554. The van der Waals surface area contributed by atoms with Crippen LogP contribution in [-0.4, -0.2) is 15.6 Å². The first kappa shape index (κ1) is 11.2. The van der Waals surface area contributed by atoms with E-state index in [-0.39, 0.29) is 15.8 Å². The average Bonchev–Trinajstić information content (AvgIpc) is 2.13. The number of halogens is 2. The third-order valence-electron chi connectivity index (χ3n) is 1.86. The van der Waals surface area contributed by atoms with Gasteiger partial charge in [0.05, 0.1) is 11.2 Å². The molecule has 1 atom stereocenters. The zero-order valence-electron chi connectivity index (χ0n) is 7.62. The minimum atomic E-state index is -0.628. The molecule has 0 N–H and O–H groups in total. The molecular formula is C8H8Cl2N2O2. The molecular weight excluding hydrogens is 227 g/mol. The van der Waals surface area contributed by atoms with Gasteiger partial charge in [0.2, 0.25) is 0 Å². The molecule has 0 radical (unpaired) electrons. The summed E-state index contributed by atoms with van der Waals surface area (Å²) < 4.78 is 1.01. The third kappa shape index (κ3) is 1.96. The predicted octanol–water partition coefficient (Wildman–Crippen LogP) is 1.70. The number of rotatable bonds is 2. The Morgan fingerprint density at radius 1 is 1.57 bits per heavy atom. The number of carbonyl (C=O) groups is 1. The van der Waals surface area contributed by atoms with Crippen LogP contribution in [0.2, 0.25) is 10.0 Å². The van der Waals surface area contributed by atoms with Crippen LogP contribution in [0.25, 0.3) is 0 Å². The van der Waals surface area contributed by atoms with E-state index in [1.165, 1.54) is 13.1 Å². The Hall–Kier alpha value is -0.870. The zero-order valence-corrected chi connectivity index (χ0v) is 9.13. The van der Waals surface area contributed by atoms with E-state index in [1.807, 2.05) is 0 Å². The van der Waals surface area contributed by atoms with Crippen molar-refractivity contribution in [1.29, 1.82) is 0 Å². The van der Waals surface area contributed by atoms with Crippen molar-refractivity contribution in [2.75, 3.05) is 0 Å². The van der Waals surface area contributed by atoms with Crippen molar-refractivity contribution in [2.45, 2.75) is 19.9 Å². The van der Waals surface area contributed by atoms with Crippen LogP contribution in [-0.2, 0) is 4.79 Å². The summed E-state index contributed by atoms with van der Waals surface area (Å²) in [5, 5.41) is 3.70. The Kier molecular flexibility index (Phi) is 3.29. The molecule has 1 heterocycles. The van der Waals surface area contributed by atoms with Crippen LogP contribution in [0.5, 0.6) is 0 Å². The van der Waals surface area contributed by atoms with Gasteiger partial charge < -0.3 is 0 Å². The van der Waals surface area contributed by atoms with Crippen LogP contribution in [0, 0.1) is 0 Å². The van der Waals surface area contributed by atoms with Gasteiger partial charge in [0, 0.05) is 0 Å². The fourth-order valence-corrected chi connectivity index (χ4v) is 1.13. The van der Waals surface area contributed by atoms with Crippen molar-refractivity contribution in [1.82, 2.24) is 9.78 Å². The van der Waals surface area contributed by atoms with Gasteiger partial charge in [-0.3, -0.25) is 9.59 Å². The monoisotopic (exact) mass is 234 g/mol. The van der Waals surface area contributed by atoms with E-state index >= 15 is 0 Å². The number of nitrogens with zero attached hydrogens (tertiary/aromatic N) is 2. The Balaban J connectivity index is 3.32. The lowest BCUT2D eigenvalue weighted by Crippen LogP contribution is -2.29. The Bertz CT molecular complexity index is 428. The number of carbonyl (C=O) groups excluding carboxylic acids is 1. The number of Topliss-reactive ketones (excluding diaryl/α,β-unsaturated/α-hetero) is 1. The summed E-state index contributed by atoms with van der Waals surface area (Å²) in [6.07, 6.45) is 1.24. The highest BCUT2D eigenvalue weighted by molar-refractivity contribution is 6.41. The molecule has 0 saturated heterocycles. The van der Waals surface area contributed by atoms with Crippen molar-refractivity contribution in [3.63, 3.8) is 0 Å². The number of aromatic nitrogens is 2. The first-order valence-electron chi connectivity index (χ1n) is 3.88. The second-order valence-corrected chi connectivity index (χ2v) is 3.63. The fourth-order valence-electron chi connectivity index (χ4n) is 0.873. The van der Waals surface area contributed by atoms with Gasteiger partial charge in [0.1, 0.15) is 11.1 Å². The van der Waals surface area contributed by atoms with Crippen molar-refractivity contribution in [3.8, 4) is 0 Å². The Labute approximate surface area is 90.4 Å². The highest BCUT2D eigenvalue weighted by atomic mass is 35.5. The van der Waals surface area contributed by atoms with Crippen molar-refractivity contribution in [2.24, 2.45) is 0 Å². The molecule has 0 fully saturated rings. The first-order valence-corrected chi connectivity index (χ1v) is 4.64. The van der Waals surface area contributed by atoms with Crippen LogP contribution in [0.3, 0.4) is 0 Å². The Morgan fingerprint density at radius 2 is 2.14 bits per heavy atom. The number of hydrogen-bond acceptors (Lipinski definition) is 3. The molecule has 0 spiro atoms. The van der Waals surface area contributed by atoms with Gasteiger partial charge in [0.15, 0.2) is 5.78 Å². The summed E-state index contributed by atoms with van der Waals surface area (Å²) in [5.74, 6) is -0.169. The molecule has 0 aliphatic heterocycles. The molecule has 0 aromatic carbocycles. The summed E-state index contributed by atoms with van der Waals surface area (Å²) in [6, 6.07) is -0.628. The molecule has 1 rings (SSSR count). The maximum atomic E-state index is 11.5. The van der Waals surface area contributed by atoms with Crippen molar-refractivity contribution in [3.05, 3.63) is 26.6 Å². The lowest BCUT2D eigenvalue weighted by Gasteiger charge is -2.10. The lowest BCUT2D eigenvalue weighted by molar-refractivity contribution is -0.120. The van der Waals surface area contributed by atoms with Gasteiger partial charge in [-0.25, -0.2) is 4.68 Å². The molecule has 14 heavy (non-hydrogen) atoms. The lowest BCUT2D eigenvalue weighted by atomic mass is 10.2. The maximum absolute atomic E-state index is 11.5. The largest absolute Gasteiger partial charge is 0.298 e. The number of ketones is 1. The van der Waals surface area contributed by atoms with E-state index in [1.54, 1.807) is 6.92 Å². The summed E-state index contributed by atoms with van der Waals surface area (Å²) in [4.78, 5) is 22.5. The molecule has 1 aromatic rings. The van der Waals surface area contributed by atoms with Crippen LogP contribution in [0.1, 0.15) is 19.9 Å². The second-order valence-electron chi connectivity index (χ2n) is 2.84. The molecule has 1 aromatic heterocycles. The first-order chi connectivity index (χ1) is 6.45. The quantitative estimate of drug-likeness (QED) is 0.783. The maximum Gasteiger partial charge on any atom is 0.287 e. The molecule has 1 unspecified atom stereocenters. The van der Waals surface area contributed by atoms with E-state index in [9.17, 15) is 9.59 Å². The van der Waals surface area contributed by atoms with Crippen molar-refractivity contribution >= 4 is 29.0 Å². The molecule has 0 amide bonds. The topological polar surface area (TPSA) is 52.0 Å². The summed E-state index contributed by atoms with van der Waals surface area (Å²) in [6.45, 7) is 2.95. The molecule has 4 nitrogen and oxygen atoms in total. The minimum absolute atomic E-state index is 0.0867. The molecule has 76 valence electrons. The second kappa shape index (κ2) is 4.11. The van der Waals surface area contributed by atoms with Gasteiger partial charge >= 0.3 is 0 Å². The Morgan fingerprint density at radius 3 is 2.64 bits per heavy atom. The highest BCUT2D eigenvalue weighted by Gasteiger charge is 2.15. The van der Waals surface area contributed by atoms with Crippen LogP contribution in [0.15, 0.2) is 11.0 Å². The summed E-state index contributed by atoms with van der Waals surface area (Å²) >= 11 is 11.2. The average molecular weight is 235 g/mol. The molecule has 0 aliphatic carbocycles. The van der Waals surface area contributed by atoms with Gasteiger partial charge in [-0.15, -0.1) is 0 Å². The van der Waals surface area contributed by atoms with Gasteiger partial charge in [-0.05, 0) is 13.8 Å². The zero-order chi connectivity index (χ0) is 10.9. The van der Waals surface area contributed by atoms with Gasteiger partial charge in [0.25, 0.3) is 5.56 Å². The minimum Gasteiger partial charge on any atom is -0.298 e. The summed E-state index contributed by atoms with van der Waals surface area (Å²) in [7, 11) is 0. The van der Waals surface area contributed by atoms with Gasteiger partial charge in [-0.2, -0.15) is 5.10 Å². The van der Waals surface area contributed by atoms with E-state index in [0.717, 1.165) is 4.68 Å². The van der Waals surface area contributed by atoms with E-state index in [4.69, 9.17) is 23.2 Å². The van der Waals surface area contributed by atoms with Crippen molar-refractivity contribution < 1.29 is 4.79 Å². The van der Waals surface area contributed by atoms with Crippen LogP contribution < -0.4 is 5.56 Å². The van der Waals surface area contributed by atoms with E-state index in [2.05, 4.69) is 5.10 Å². The highest BCUT2D eigenvalue weighted by Crippen LogP contribution is 2.15. The standard InChI is InChI=1S/C8H8Cl2N2O2/c1-4(5(2)13)12-8(14)7(10)6(9)3-11-12/h3-4H,1-2H3. The van der Waals surface area contributed by atoms with Crippen LogP contribution >= 0.6 is 23.2 Å². The van der Waals surface area contributed by atoms with E-state index in [0.29, 0.717) is 0 Å². The molecule has 0 saturated carbocycles. The molecule has 0 aliphatic rings. The number of hydrogen-bond donors (Lipinski definition) is 0. The van der Waals surface area contributed by atoms with E-state index < -0.39 is 11.6 Å². The van der Waals surface area contributed by atoms with Gasteiger partial charge in [-0.1, -0.05) is 23.2 Å². The predicted molar refractivity (Wildman–Crippen MR) is 53.9 cm³/mol. The SMILES string of the molecule is CC(=O)C(C)n1ncc(Cl)c(Cl)c1=O.